The minimum Gasteiger partial charge on any atom is -0.346 e. The van der Waals surface area contributed by atoms with Crippen LogP contribution >= 0.6 is 11.3 Å². The Morgan fingerprint density at radius 2 is 2.09 bits per heavy atom. The zero-order chi connectivity index (χ0) is 15.5. The van der Waals surface area contributed by atoms with Crippen LogP contribution in [0, 0.1) is 5.82 Å². The predicted octanol–water partition coefficient (Wildman–Crippen LogP) is 2.82. The Labute approximate surface area is 130 Å². The summed E-state index contributed by atoms with van der Waals surface area (Å²) in [5.74, 6) is -0.670. The van der Waals surface area contributed by atoms with Crippen molar-refractivity contribution in [2.75, 3.05) is 0 Å². The van der Waals surface area contributed by atoms with Gasteiger partial charge in [0.15, 0.2) is 5.01 Å². The fraction of sp³-hybridized carbons (Fsp3) is 0.125. The van der Waals surface area contributed by atoms with Gasteiger partial charge in [-0.05, 0) is 23.8 Å². The van der Waals surface area contributed by atoms with Crippen LogP contribution in [0.5, 0.6) is 0 Å². The first-order valence-corrected chi connectivity index (χ1v) is 7.60. The maximum atomic E-state index is 13.8. The number of nitrogens with one attached hydrogen (secondary N) is 1. The molecule has 0 aliphatic heterocycles. The van der Waals surface area contributed by atoms with Crippen LogP contribution in [0.4, 0.5) is 4.39 Å². The van der Waals surface area contributed by atoms with E-state index in [0.29, 0.717) is 10.6 Å². The molecule has 0 unspecified atom stereocenters. The molecule has 0 fully saturated rings. The average Bonchev–Trinajstić information content (AvgIpc) is 2.97. The van der Waals surface area contributed by atoms with Gasteiger partial charge in [0.1, 0.15) is 5.82 Å². The summed E-state index contributed by atoms with van der Waals surface area (Å²) in [6.45, 7) is 0.403. The first kappa shape index (κ1) is 14.6. The quantitative estimate of drug-likeness (QED) is 0.778. The van der Waals surface area contributed by atoms with Crippen LogP contribution in [0.15, 0.2) is 42.5 Å². The van der Waals surface area contributed by atoms with Crippen LogP contribution in [0.2, 0.25) is 0 Å². The Balaban J connectivity index is 1.72. The SMILES string of the molecule is NCc1ccc(CNC(=O)c2nc3ccccc3s2)c(F)c1. The number of benzene rings is 2. The van der Waals surface area contributed by atoms with E-state index in [9.17, 15) is 9.18 Å². The molecular weight excluding hydrogens is 301 g/mol. The van der Waals surface area contributed by atoms with Gasteiger partial charge in [0, 0.05) is 18.7 Å². The first-order chi connectivity index (χ1) is 10.7. The maximum absolute atomic E-state index is 13.8. The Hall–Kier alpha value is -2.31. The molecule has 0 saturated heterocycles. The lowest BCUT2D eigenvalue weighted by molar-refractivity contribution is 0.0950. The maximum Gasteiger partial charge on any atom is 0.280 e. The Bertz CT molecular complexity index is 798. The van der Waals surface area contributed by atoms with Crippen LogP contribution in [-0.2, 0) is 13.1 Å². The second-order valence-corrected chi connectivity index (χ2v) is 5.83. The number of aromatic nitrogens is 1. The van der Waals surface area contributed by atoms with Crippen molar-refractivity contribution < 1.29 is 9.18 Å². The molecular formula is C16H14FN3OS. The second-order valence-electron chi connectivity index (χ2n) is 4.80. The standard InChI is InChI=1S/C16H14FN3OS/c17-12-7-10(8-18)5-6-11(12)9-19-15(21)16-20-13-3-1-2-4-14(13)22-16/h1-7H,8-9,18H2,(H,19,21). The number of para-hydroxylation sites is 1. The molecule has 0 radical (unpaired) electrons. The number of thiazole rings is 1. The number of rotatable bonds is 4. The molecule has 0 atom stereocenters. The summed E-state index contributed by atoms with van der Waals surface area (Å²) in [7, 11) is 0. The van der Waals surface area contributed by atoms with Crippen molar-refractivity contribution >= 4 is 27.5 Å². The third-order valence-corrected chi connectivity index (χ3v) is 4.32. The number of hydrogen-bond donors (Lipinski definition) is 2. The van der Waals surface area contributed by atoms with E-state index in [2.05, 4.69) is 10.3 Å². The number of fused-ring (bicyclic) bond motifs is 1. The number of halogens is 1. The summed E-state index contributed by atoms with van der Waals surface area (Å²) < 4.78 is 14.8. The molecule has 0 aliphatic rings. The minimum absolute atomic E-state index is 0.117. The summed E-state index contributed by atoms with van der Waals surface area (Å²) >= 11 is 1.32. The van der Waals surface area contributed by atoms with E-state index in [-0.39, 0.29) is 24.8 Å². The molecule has 22 heavy (non-hydrogen) atoms. The van der Waals surface area contributed by atoms with E-state index in [4.69, 9.17) is 5.73 Å². The molecule has 3 aromatic rings. The van der Waals surface area contributed by atoms with Gasteiger partial charge in [-0.3, -0.25) is 4.79 Å². The van der Waals surface area contributed by atoms with E-state index >= 15 is 0 Å². The van der Waals surface area contributed by atoms with Gasteiger partial charge in [-0.2, -0.15) is 0 Å². The third-order valence-electron chi connectivity index (χ3n) is 3.28. The van der Waals surface area contributed by atoms with Crippen LogP contribution in [-0.4, -0.2) is 10.9 Å². The van der Waals surface area contributed by atoms with Gasteiger partial charge in [0.05, 0.1) is 10.2 Å². The van der Waals surface area contributed by atoms with Crippen molar-refractivity contribution in [3.8, 4) is 0 Å². The van der Waals surface area contributed by atoms with E-state index in [1.54, 1.807) is 12.1 Å². The van der Waals surface area contributed by atoms with Crippen LogP contribution in [0.3, 0.4) is 0 Å². The fourth-order valence-electron chi connectivity index (χ4n) is 2.08. The molecule has 0 aliphatic carbocycles. The molecule has 3 rings (SSSR count). The molecule has 2 aromatic carbocycles. The lowest BCUT2D eigenvalue weighted by atomic mass is 10.1. The van der Waals surface area contributed by atoms with Crippen molar-refractivity contribution in [1.29, 1.82) is 0 Å². The fourth-order valence-corrected chi connectivity index (χ4v) is 2.96. The molecule has 4 nitrogen and oxygen atoms in total. The number of amides is 1. The summed E-state index contributed by atoms with van der Waals surface area (Å²) in [6, 6.07) is 12.3. The van der Waals surface area contributed by atoms with Gasteiger partial charge >= 0.3 is 0 Å². The van der Waals surface area contributed by atoms with E-state index in [1.807, 2.05) is 24.3 Å². The van der Waals surface area contributed by atoms with E-state index in [0.717, 1.165) is 15.8 Å². The normalized spacial score (nSPS) is 10.8. The van der Waals surface area contributed by atoms with Gasteiger partial charge in [-0.15, -0.1) is 11.3 Å². The molecule has 6 heteroatoms. The first-order valence-electron chi connectivity index (χ1n) is 6.78. The lowest BCUT2D eigenvalue weighted by Crippen LogP contribution is -2.23. The summed E-state index contributed by atoms with van der Waals surface area (Å²) in [4.78, 5) is 16.4. The Morgan fingerprint density at radius 1 is 1.27 bits per heavy atom. The number of carbonyl (C=O) groups excluding carboxylic acids is 1. The number of nitrogens with two attached hydrogens (primary N) is 1. The second kappa shape index (κ2) is 6.21. The van der Waals surface area contributed by atoms with Crippen molar-refractivity contribution in [3.05, 3.63) is 64.4 Å². The molecule has 0 spiro atoms. The molecule has 0 bridgehead atoms. The zero-order valence-electron chi connectivity index (χ0n) is 11.7. The number of nitrogens with zero attached hydrogens (tertiary/aromatic N) is 1. The smallest absolute Gasteiger partial charge is 0.280 e. The third kappa shape index (κ3) is 2.98. The van der Waals surface area contributed by atoms with Crippen LogP contribution < -0.4 is 11.1 Å². The molecule has 1 aromatic heterocycles. The van der Waals surface area contributed by atoms with Crippen LogP contribution in [0.25, 0.3) is 10.2 Å². The number of carbonyl (C=O) groups is 1. The lowest BCUT2D eigenvalue weighted by Gasteiger charge is -2.06. The highest BCUT2D eigenvalue weighted by molar-refractivity contribution is 7.20. The number of hydrogen-bond acceptors (Lipinski definition) is 4. The Morgan fingerprint density at radius 3 is 2.82 bits per heavy atom. The van der Waals surface area contributed by atoms with Gasteiger partial charge in [-0.1, -0.05) is 24.3 Å². The highest BCUT2D eigenvalue weighted by atomic mass is 32.1. The minimum atomic E-state index is -0.368. The topological polar surface area (TPSA) is 68.0 Å². The Kier molecular flexibility index (Phi) is 4.13. The van der Waals surface area contributed by atoms with Crippen molar-refractivity contribution in [3.63, 3.8) is 0 Å². The van der Waals surface area contributed by atoms with Crippen molar-refractivity contribution in [2.24, 2.45) is 5.73 Å². The average molecular weight is 315 g/mol. The van der Waals surface area contributed by atoms with Gasteiger partial charge < -0.3 is 11.1 Å². The van der Waals surface area contributed by atoms with Crippen molar-refractivity contribution in [2.45, 2.75) is 13.1 Å². The van der Waals surface area contributed by atoms with Gasteiger partial charge in [-0.25, -0.2) is 9.37 Å². The zero-order valence-corrected chi connectivity index (χ0v) is 12.5. The molecule has 1 amide bonds. The van der Waals surface area contributed by atoms with Gasteiger partial charge in [0.2, 0.25) is 0 Å². The van der Waals surface area contributed by atoms with Crippen LogP contribution in [0.1, 0.15) is 20.9 Å². The summed E-state index contributed by atoms with van der Waals surface area (Å²) in [5, 5.41) is 3.07. The summed E-state index contributed by atoms with van der Waals surface area (Å²) in [5.41, 5.74) is 7.39. The highest BCUT2D eigenvalue weighted by Gasteiger charge is 2.12. The summed E-state index contributed by atoms with van der Waals surface area (Å²) in [6.07, 6.45) is 0. The van der Waals surface area contributed by atoms with E-state index in [1.165, 1.54) is 17.4 Å². The molecule has 1 heterocycles. The highest BCUT2D eigenvalue weighted by Crippen LogP contribution is 2.21. The monoisotopic (exact) mass is 315 g/mol. The van der Waals surface area contributed by atoms with Gasteiger partial charge in [0.25, 0.3) is 5.91 Å². The van der Waals surface area contributed by atoms with Crippen molar-refractivity contribution in [1.82, 2.24) is 10.3 Å². The largest absolute Gasteiger partial charge is 0.346 e. The van der Waals surface area contributed by atoms with E-state index < -0.39 is 0 Å². The predicted molar refractivity (Wildman–Crippen MR) is 85.1 cm³/mol. The molecule has 0 saturated carbocycles. The molecule has 3 N–H and O–H groups in total. The molecule has 112 valence electrons.